The van der Waals surface area contributed by atoms with Gasteiger partial charge in [-0.25, -0.2) is 0 Å². The van der Waals surface area contributed by atoms with Crippen LogP contribution < -0.4 is 0 Å². The Hall–Kier alpha value is -0.890. The third kappa shape index (κ3) is 2.15. The molecule has 1 nitrogen and oxygen atoms in total. The highest BCUT2D eigenvalue weighted by molar-refractivity contribution is 5.14. The fourth-order valence-electron chi connectivity index (χ4n) is 0.801. The molecule has 1 rings (SSSR count). The predicted molar refractivity (Wildman–Crippen MR) is 37.2 cm³/mol. The molecular weight excluding hydrogens is 131 g/mol. The summed E-state index contributed by atoms with van der Waals surface area (Å²) in [6.07, 6.45) is 0.636. The lowest BCUT2D eigenvalue weighted by Crippen LogP contribution is -1.90. The van der Waals surface area contributed by atoms with Crippen molar-refractivity contribution in [3.63, 3.8) is 0 Å². The van der Waals surface area contributed by atoms with Crippen molar-refractivity contribution >= 4 is 0 Å². The molecule has 10 heavy (non-hydrogen) atoms. The van der Waals surface area contributed by atoms with Crippen molar-refractivity contribution in [2.75, 3.05) is 6.61 Å². The maximum atomic E-state index is 11.2. The fraction of sp³-hybridized carbons (Fsp3) is 0.250. The third-order valence-electron chi connectivity index (χ3n) is 1.31. The van der Waals surface area contributed by atoms with Crippen LogP contribution in [0.5, 0.6) is 0 Å². The van der Waals surface area contributed by atoms with Crippen LogP contribution in [0.1, 0.15) is 5.56 Å². The Bertz CT molecular complexity index is 174. The van der Waals surface area contributed by atoms with Crippen molar-refractivity contribution in [3.05, 3.63) is 35.9 Å². The maximum absolute atomic E-state index is 11.2. The Morgan fingerprint density at radius 3 is 2.50 bits per heavy atom. The second kappa shape index (κ2) is 4.01. The summed E-state index contributed by atoms with van der Waals surface area (Å²) < 4.78 is 11.2. The lowest BCUT2D eigenvalue weighted by molar-refractivity contribution is -0.130. The number of rotatable bonds is 3. The number of hydrogen-bond donors (Lipinski definition) is 0. The number of halogens is 1. The van der Waals surface area contributed by atoms with Crippen LogP contribution in [-0.2, 0) is 11.4 Å². The van der Waals surface area contributed by atoms with E-state index in [0.29, 0.717) is 6.42 Å². The highest BCUT2D eigenvalue weighted by Gasteiger charge is 1.89. The Balaban J connectivity index is 2.43. The van der Waals surface area contributed by atoms with E-state index in [1.54, 1.807) is 0 Å². The maximum Gasteiger partial charge on any atom is 0.0916 e. The highest BCUT2D eigenvalue weighted by atomic mass is 19.3. The summed E-state index contributed by atoms with van der Waals surface area (Å²) in [6, 6.07) is 9.67. The summed E-state index contributed by atoms with van der Waals surface area (Å²) in [5.41, 5.74) is 1.10. The average Bonchev–Trinajstić information content (AvgIpc) is 2.03. The van der Waals surface area contributed by atoms with Crippen LogP contribution in [0.3, 0.4) is 0 Å². The lowest BCUT2D eigenvalue weighted by atomic mass is 10.2. The molecule has 54 valence electrons. The van der Waals surface area contributed by atoms with E-state index in [9.17, 15) is 4.53 Å². The molecule has 0 heterocycles. The molecule has 1 aromatic carbocycles. The largest absolute Gasteiger partial charge is 0.194 e. The third-order valence-corrected chi connectivity index (χ3v) is 1.31. The van der Waals surface area contributed by atoms with Gasteiger partial charge < -0.3 is 0 Å². The highest BCUT2D eigenvalue weighted by Crippen LogP contribution is 1.98. The van der Waals surface area contributed by atoms with Gasteiger partial charge in [-0.2, -0.15) is 4.94 Å². The van der Waals surface area contributed by atoms with Gasteiger partial charge in [0.1, 0.15) is 0 Å². The normalized spacial score (nSPS) is 9.70. The molecule has 0 amide bonds. The Kier molecular flexibility index (Phi) is 2.90. The SMILES string of the molecule is FOCCc1ccccc1. The predicted octanol–water partition coefficient (Wildman–Crippen LogP) is 2.13. The molecule has 0 N–H and O–H groups in total. The molecule has 0 aliphatic heterocycles. The minimum atomic E-state index is 0.143. The quantitative estimate of drug-likeness (QED) is 0.625. The van der Waals surface area contributed by atoms with Crippen LogP contribution >= 0.6 is 0 Å². The van der Waals surface area contributed by atoms with Crippen LogP contribution in [0.2, 0.25) is 0 Å². The molecular formula is C8H9FO. The van der Waals surface area contributed by atoms with Crippen molar-refractivity contribution < 1.29 is 9.47 Å². The van der Waals surface area contributed by atoms with Crippen molar-refractivity contribution in [3.8, 4) is 0 Å². The monoisotopic (exact) mass is 140 g/mol. The molecule has 0 bridgehead atoms. The average molecular weight is 140 g/mol. The molecule has 0 atom stereocenters. The van der Waals surface area contributed by atoms with Crippen molar-refractivity contribution in [1.29, 1.82) is 0 Å². The van der Waals surface area contributed by atoms with Crippen LogP contribution in [0, 0.1) is 0 Å². The standard InChI is InChI=1S/C8H9FO/c9-10-7-6-8-4-2-1-3-5-8/h1-5H,6-7H2. The first kappa shape index (κ1) is 7.22. The van der Waals surface area contributed by atoms with Crippen molar-refractivity contribution in [2.24, 2.45) is 0 Å². The van der Waals surface area contributed by atoms with Crippen LogP contribution in [0.15, 0.2) is 30.3 Å². The Labute approximate surface area is 59.3 Å². The summed E-state index contributed by atoms with van der Waals surface area (Å²) in [6.45, 7) is 0.143. The van der Waals surface area contributed by atoms with E-state index in [-0.39, 0.29) is 6.61 Å². The second-order valence-corrected chi connectivity index (χ2v) is 2.05. The molecule has 0 spiro atoms. The molecule has 0 saturated heterocycles. The van der Waals surface area contributed by atoms with Gasteiger partial charge in [0, 0.05) is 0 Å². The van der Waals surface area contributed by atoms with Crippen LogP contribution in [0.25, 0.3) is 0 Å². The van der Waals surface area contributed by atoms with Gasteiger partial charge in [0.15, 0.2) is 0 Å². The molecule has 0 fully saturated rings. The van der Waals surface area contributed by atoms with Gasteiger partial charge in [-0.15, -0.1) is 0 Å². The van der Waals surface area contributed by atoms with Crippen molar-refractivity contribution in [1.82, 2.24) is 0 Å². The minimum absolute atomic E-state index is 0.143. The zero-order chi connectivity index (χ0) is 7.23. The zero-order valence-electron chi connectivity index (χ0n) is 5.59. The molecule has 0 radical (unpaired) electrons. The molecule has 0 unspecified atom stereocenters. The van der Waals surface area contributed by atoms with Gasteiger partial charge in [-0.1, -0.05) is 30.3 Å². The first-order valence-corrected chi connectivity index (χ1v) is 3.21. The first-order valence-electron chi connectivity index (χ1n) is 3.21. The Morgan fingerprint density at radius 1 is 1.20 bits per heavy atom. The van der Waals surface area contributed by atoms with E-state index < -0.39 is 0 Å². The summed E-state index contributed by atoms with van der Waals surface area (Å²) in [5.74, 6) is 0. The second-order valence-electron chi connectivity index (χ2n) is 2.05. The summed E-state index contributed by atoms with van der Waals surface area (Å²) in [5, 5.41) is 0. The van der Waals surface area contributed by atoms with Gasteiger partial charge >= 0.3 is 0 Å². The molecule has 0 aliphatic rings. The topological polar surface area (TPSA) is 9.23 Å². The van der Waals surface area contributed by atoms with Gasteiger partial charge in [-0.3, -0.25) is 0 Å². The first-order chi connectivity index (χ1) is 4.93. The van der Waals surface area contributed by atoms with Gasteiger partial charge in [-0.05, 0) is 16.5 Å². The molecule has 1 aromatic rings. The lowest BCUT2D eigenvalue weighted by Gasteiger charge is -1.94. The van der Waals surface area contributed by atoms with Crippen molar-refractivity contribution in [2.45, 2.75) is 6.42 Å². The van der Waals surface area contributed by atoms with E-state index in [0.717, 1.165) is 5.56 Å². The van der Waals surface area contributed by atoms with E-state index >= 15 is 0 Å². The van der Waals surface area contributed by atoms with Crippen LogP contribution in [0.4, 0.5) is 4.53 Å². The smallest absolute Gasteiger partial charge is 0.0916 e. The number of hydrogen-bond acceptors (Lipinski definition) is 1. The van der Waals surface area contributed by atoms with Gasteiger partial charge in [0.05, 0.1) is 6.61 Å². The van der Waals surface area contributed by atoms with Gasteiger partial charge in [0.25, 0.3) is 0 Å². The number of benzene rings is 1. The Morgan fingerprint density at radius 2 is 1.90 bits per heavy atom. The zero-order valence-corrected chi connectivity index (χ0v) is 5.59. The molecule has 0 saturated carbocycles. The molecule has 0 aromatic heterocycles. The fourth-order valence-corrected chi connectivity index (χ4v) is 0.801. The summed E-state index contributed by atoms with van der Waals surface area (Å²) in [4.78, 5) is 3.45. The summed E-state index contributed by atoms with van der Waals surface area (Å²) in [7, 11) is 0. The van der Waals surface area contributed by atoms with E-state index in [1.807, 2.05) is 30.3 Å². The van der Waals surface area contributed by atoms with E-state index in [4.69, 9.17) is 0 Å². The van der Waals surface area contributed by atoms with E-state index in [2.05, 4.69) is 4.94 Å². The molecule has 0 aliphatic carbocycles. The summed E-state index contributed by atoms with van der Waals surface area (Å²) >= 11 is 0. The van der Waals surface area contributed by atoms with Crippen LogP contribution in [-0.4, -0.2) is 6.61 Å². The van der Waals surface area contributed by atoms with Gasteiger partial charge in [0.2, 0.25) is 0 Å². The van der Waals surface area contributed by atoms with E-state index in [1.165, 1.54) is 0 Å². The minimum Gasteiger partial charge on any atom is -0.194 e. The molecule has 2 heteroatoms.